The minimum absolute atomic E-state index is 0.0464. The summed E-state index contributed by atoms with van der Waals surface area (Å²) in [7, 11) is 0. The Bertz CT molecular complexity index is 859. The van der Waals surface area contributed by atoms with Crippen molar-refractivity contribution in [1.29, 1.82) is 0 Å². The molecule has 0 atom stereocenters. The molecule has 1 heterocycles. The number of rotatable bonds is 6. The van der Waals surface area contributed by atoms with E-state index in [-0.39, 0.29) is 40.8 Å². The maximum Gasteiger partial charge on any atom is 0.348 e. The van der Waals surface area contributed by atoms with Crippen molar-refractivity contribution in [3.63, 3.8) is 0 Å². The summed E-state index contributed by atoms with van der Waals surface area (Å²) in [6.07, 6.45) is 6.15. The average Bonchev–Trinajstić information content (AvgIpc) is 3.21. The zero-order chi connectivity index (χ0) is 24.3. The molecule has 2 saturated carbocycles. The van der Waals surface area contributed by atoms with Gasteiger partial charge < -0.3 is 20.5 Å². The summed E-state index contributed by atoms with van der Waals surface area (Å²) < 4.78 is 5.41. The number of aromatic carboxylic acids is 1. The quantitative estimate of drug-likeness (QED) is 0.573. The number of carboxylic acids is 1. The number of esters is 1. The van der Waals surface area contributed by atoms with Gasteiger partial charge in [-0.1, -0.05) is 27.7 Å². The van der Waals surface area contributed by atoms with Crippen LogP contribution in [0.2, 0.25) is 0 Å². The number of carboxylic acid groups (broad SMARTS) is 1. The molecule has 7 nitrogen and oxygen atoms in total. The number of carbonyl (C=O) groups excluding carboxylic acids is 2. The van der Waals surface area contributed by atoms with Gasteiger partial charge >= 0.3 is 11.9 Å². The van der Waals surface area contributed by atoms with Gasteiger partial charge in [0.25, 0.3) is 0 Å². The van der Waals surface area contributed by atoms with Crippen molar-refractivity contribution in [2.45, 2.75) is 96.6 Å². The number of ether oxygens (including phenoxy) is 1. The minimum Gasteiger partial charge on any atom is -0.477 e. The molecule has 0 saturated heterocycles. The second kappa shape index (κ2) is 10.6. The molecule has 0 aromatic carbocycles. The van der Waals surface area contributed by atoms with Crippen molar-refractivity contribution in [1.82, 2.24) is 0 Å². The zero-order valence-corrected chi connectivity index (χ0v) is 21.1. The molecular formula is C25H38N2O5S. The Balaban J connectivity index is 1.92. The van der Waals surface area contributed by atoms with E-state index in [1.807, 2.05) is 6.07 Å². The largest absolute Gasteiger partial charge is 0.477 e. The molecule has 1 aromatic rings. The minimum atomic E-state index is -0.994. The van der Waals surface area contributed by atoms with E-state index in [0.717, 1.165) is 30.6 Å². The maximum absolute atomic E-state index is 13.9. The smallest absolute Gasteiger partial charge is 0.348 e. The van der Waals surface area contributed by atoms with E-state index < -0.39 is 11.9 Å². The van der Waals surface area contributed by atoms with Crippen LogP contribution >= 0.6 is 11.3 Å². The van der Waals surface area contributed by atoms with E-state index in [1.165, 1.54) is 11.3 Å². The number of thiophene rings is 1. The first-order valence-corrected chi connectivity index (χ1v) is 12.9. The van der Waals surface area contributed by atoms with Gasteiger partial charge in [-0.05, 0) is 68.8 Å². The first-order valence-electron chi connectivity index (χ1n) is 12.1. The Labute approximate surface area is 200 Å². The van der Waals surface area contributed by atoms with Crippen LogP contribution in [0.3, 0.4) is 0 Å². The van der Waals surface area contributed by atoms with Gasteiger partial charge in [0.15, 0.2) is 0 Å². The second-order valence-corrected chi connectivity index (χ2v) is 11.7. The second-order valence-electron chi connectivity index (χ2n) is 10.7. The predicted molar refractivity (Wildman–Crippen MR) is 130 cm³/mol. The van der Waals surface area contributed by atoms with Gasteiger partial charge in [-0.25, -0.2) is 4.79 Å². The fourth-order valence-corrected chi connectivity index (χ4v) is 5.98. The lowest BCUT2D eigenvalue weighted by atomic mass is 9.81. The standard InChI is InChI=1S/C25H38N2O5S/c1-15-5-7-16(8-6-15)23(29)27(17-9-11-18(12-10-17)32-21(28)14-26)19-13-20(25(2,3)4)33-22(19)24(30)31/h13,15-18H,5-12,14,26H2,1-4H3,(H,30,31). The van der Waals surface area contributed by atoms with Crippen molar-refractivity contribution in [3.05, 3.63) is 15.8 Å². The molecule has 33 heavy (non-hydrogen) atoms. The summed E-state index contributed by atoms with van der Waals surface area (Å²) >= 11 is 1.27. The van der Waals surface area contributed by atoms with Crippen LogP contribution in [0.25, 0.3) is 0 Å². The third-order valence-corrected chi connectivity index (χ3v) is 8.52. The van der Waals surface area contributed by atoms with E-state index in [0.29, 0.717) is 37.3 Å². The van der Waals surface area contributed by atoms with E-state index >= 15 is 0 Å². The monoisotopic (exact) mass is 478 g/mol. The Kier molecular flexibility index (Phi) is 8.22. The highest BCUT2D eigenvalue weighted by Gasteiger charge is 2.38. The van der Waals surface area contributed by atoms with Crippen molar-refractivity contribution >= 4 is 34.9 Å². The van der Waals surface area contributed by atoms with Gasteiger partial charge in [0.05, 0.1) is 12.2 Å². The van der Waals surface area contributed by atoms with E-state index in [2.05, 4.69) is 27.7 Å². The van der Waals surface area contributed by atoms with Gasteiger partial charge in [0, 0.05) is 16.8 Å². The molecule has 0 bridgehead atoms. The summed E-state index contributed by atoms with van der Waals surface area (Å²) in [6.45, 7) is 8.25. The Morgan fingerprint density at radius 1 is 1.09 bits per heavy atom. The van der Waals surface area contributed by atoms with E-state index in [9.17, 15) is 19.5 Å². The maximum atomic E-state index is 13.9. The lowest BCUT2D eigenvalue weighted by Gasteiger charge is -2.39. The number of hydrogen-bond donors (Lipinski definition) is 2. The highest BCUT2D eigenvalue weighted by Crippen LogP contribution is 2.42. The SMILES string of the molecule is CC1CCC(C(=O)N(c2cc(C(C)(C)C)sc2C(=O)O)C2CCC(OC(=O)CN)CC2)CC1. The zero-order valence-electron chi connectivity index (χ0n) is 20.3. The van der Waals surface area contributed by atoms with Gasteiger partial charge in [-0.2, -0.15) is 0 Å². The van der Waals surface area contributed by atoms with Crippen molar-refractivity contribution < 1.29 is 24.2 Å². The third-order valence-electron chi connectivity index (χ3n) is 6.98. The molecule has 0 unspecified atom stereocenters. The molecule has 2 fully saturated rings. The molecule has 2 aliphatic rings. The van der Waals surface area contributed by atoms with Crippen LogP contribution in [-0.2, 0) is 19.7 Å². The number of hydrogen-bond acceptors (Lipinski definition) is 6. The molecule has 1 amide bonds. The topological polar surface area (TPSA) is 110 Å². The number of amides is 1. The molecule has 2 aliphatic carbocycles. The molecule has 1 aromatic heterocycles. The number of nitrogens with two attached hydrogens (primary N) is 1. The van der Waals surface area contributed by atoms with Gasteiger partial charge in [-0.3, -0.25) is 9.59 Å². The average molecular weight is 479 g/mol. The van der Waals surface area contributed by atoms with Crippen LogP contribution in [0.15, 0.2) is 6.07 Å². The lowest BCUT2D eigenvalue weighted by Crippen LogP contribution is -2.47. The third kappa shape index (κ3) is 6.15. The van der Waals surface area contributed by atoms with Gasteiger partial charge in [0.1, 0.15) is 11.0 Å². The molecular weight excluding hydrogens is 440 g/mol. The first kappa shape index (κ1) is 25.7. The number of anilines is 1. The van der Waals surface area contributed by atoms with Crippen molar-refractivity contribution in [2.24, 2.45) is 17.6 Å². The predicted octanol–water partition coefficient (Wildman–Crippen LogP) is 4.72. The molecule has 8 heteroatoms. The van der Waals surface area contributed by atoms with Crippen LogP contribution in [0, 0.1) is 11.8 Å². The van der Waals surface area contributed by atoms with Crippen LogP contribution in [0.4, 0.5) is 5.69 Å². The summed E-state index contributed by atoms with van der Waals surface area (Å²) in [6, 6.07) is 1.81. The fraction of sp³-hybridized carbons (Fsp3) is 0.720. The lowest BCUT2D eigenvalue weighted by molar-refractivity contribution is -0.149. The van der Waals surface area contributed by atoms with Gasteiger partial charge in [0.2, 0.25) is 5.91 Å². The van der Waals surface area contributed by atoms with Crippen LogP contribution in [-0.4, -0.2) is 41.6 Å². The summed E-state index contributed by atoms with van der Waals surface area (Å²) in [4.78, 5) is 40.7. The Hall–Kier alpha value is -1.93. The van der Waals surface area contributed by atoms with Crippen molar-refractivity contribution in [3.8, 4) is 0 Å². The van der Waals surface area contributed by atoms with E-state index in [1.54, 1.807) is 4.90 Å². The summed E-state index contributed by atoms with van der Waals surface area (Å²) in [5, 5.41) is 9.99. The number of carbonyl (C=O) groups is 3. The number of nitrogens with zero attached hydrogens (tertiary/aromatic N) is 1. The molecule has 0 radical (unpaired) electrons. The normalized spacial score (nSPS) is 26.0. The molecule has 184 valence electrons. The molecule has 3 N–H and O–H groups in total. The van der Waals surface area contributed by atoms with Crippen LogP contribution in [0.1, 0.15) is 93.6 Å². The summed E-state index contributed by atoms with van der Waals surface area (Å²) in [5.41, 5.74) is 5.69. The Morgan fingerprint density at radius 2 is 1.70 bits per heavy atom. The first-order chi connectivity index (χ1) is 15.5. The highest BCUT2D eigenvalue weighted by atomic mass is 32.1. The highest BCUT2D eigenvalue weighted by molar-refractivity contribution is 7.14. The summed E-state index contributed by atoms with van der Waals surface area (Å²) in [5.74, 6) is -0.813. The van der Waals surface area contributed by atoms with Gasteiger partial charge in [-0.15, -0.1) is 11.3 Å². The van der Waals surface area contributed by atoms with Crippen molar-refractivity contribution in [2.75, 3.05) is 11.4 Å². The van der Waals surface area contributed by atoms with Crippen LogP contribution < -0.4 is 10.6 Å². The molecule has 0 aliphatic heterocycles. The molecule has 3 rings (SSSR count). The Morgan fingerprint density at radius 3 is 2.21 bits per heavy atom. The molecule has 0 spiro atoms. The van der Waals surface area contributed by atoms with Crippen LogP contribution in [0.5, 0.6) is 0 Å². The van der Waals surface area contributed by atoms with E-state index in [4.69, 9.17) is 10.5 Å². The fourth-order valence-electron chi connectivity index (χ4n) is 4.94.